The highest BCUT2D eigenvalue weighted by molar-refractivity contribution is 6.31. The first-order valence-electron chi connectivity index (χ1n) is 6.30. The highest BCUT2D eigenvalue weighted by atomic mass is 35.5. The third kappa shape index (κ3) is 2.31. The van der Waals surface area contributed by atoms with E-state index in [1.165, 1.54) is 17.0 Å². The summed E-state index contributed by atoms with van der Waals surface area (Å²) < 4.78 is 26.9. The molecule has 0 spiro atoms. The molecule has 0 unspecified atom stereocenters. The molecule has 1 heterocycles. The van der Waals surface area contributed by atoms with Gasteiger partial charge in [-0.3, -0.25) is 14.5 Å². The number of nitrogens with one attached hydrogen (secondary N) is 1. The van der Waals surface area contributed by atoms with Crippen molar-refractivity contribution >= 4 is 40.5 Å². The number of halogens is 3. The average Bonchev–Trinajstić information content (AvgIpc) is 2.60. The molecule has 0 aromatic heterocycles. The molecule has 2 amide bonds. The summed E-state index contributed by atoms with van der Waals surface area (Å²) in [5, 5.41) is 2.47. The number of amides is 2. The molecule has 1 aliphatic rings. The van der Waals surface area contributed by atoms with Crippen LogP contribution >= 0.6 is 11.6 Å². The zero-order valence-electron chi connectivity index (χ0n) is 11.1. The van der Waals surface area contributed by atoms with E-state index in [0.717, 1.165) is 24.3 Å². The van der Waals surface area contributed by atoms with Gasteiger partial charge >= 0.3 is 0 Å². The summed E-state index contributed by atoms with van der Waals surface area (Å²) in [6.07, 6.45) is 0. The molecule has 22 heavy (non-hydrogen) atoms. The maximum atomic E-state index is 13.4. The molecule has 7 heteroatoms. The fraction of sp³-hybridized carbons (Fsp3) is 0.0667. The van der Waals surface area contributed by atoms with Crippen LogP contribution in [0, 0.1) is 11.6 Å². The standard InChI is InChI=1S/C15H9ClF2N2O2/c16-7-14(21)20-12-3-1-8(17)5-10(12)15(22)19-11-6-9(18)2-4-13(11)20/h1-6H,7H2,(H,19,22). The summed E-state index contributed by atoms with van der Waals surface area (Å²) in [6, 6.07) is 7.07. The topological polar surface area (TPSA) is 49.4 Å². The lowest BCUT2D eigenvalue weighted by atomic mass is 10.1. The van der Waals surface area contributed by atoms with E-state index in [4.69, 9.17) is 11.6 Å². The van der Waals surface area contributed by atoms with Gasteiger partial charge in [-0.2, -0.15) is 0 Å². The number of nitrogens with zero attached hydrogens (tertiary/aromatic N) is 1. The Bertz CT molecular complexity index is 795. The van der Waals surface area contributed by atoms with E-state index in [1.54, 1.807) is 0 Å². The van der Waals surface area contributed by atoms with Gasteiger partial charge in [0.25, 0.3) is 5.91 Å². The van der Waals surface area contributed by atoms with Crippen LogP contribution in [0.25, 0.3) is 0 Å². The number of anilines is 3. The molecule has 4 nitrogen and oxygen atoms in total. The summed E-state index contributed by atoms with van der Waals surface area (Å²) in [6.45, 7) is 0. The molecular formula is C15H9ClF2N2O2. The Kier molecular flexibility index (Phi) is 3.54. The van der Waals surface area contributed by atoms with Gasteiger partial charge in [0.1, 0.15) is 17.5 Å². The number of carbonyl (C=O) groups excluding carboxylic acids is 2. The minimum absolute atomic E-state index is 0.0323. The van der Waals surface area contributed by atoms with Gasteiger partial charge in [-0.05, 0) is 36.4 Å². The lowest BCUT2D eigenvalue weighted by molar-refractivity contribution is -0.115. The molecule has 0 aliphatic carbocycles. The maximum Gasteiger partial charge on any atom is 0.257 e. The Morgan fingerprint density at radius 2 is 1.73 bits per heavy atom. The number of benzene rings is 2. The van der Waals surface area contributed by atoms with Gasteiger partial charge in [0.2, 0.25) is 5.91 Å². The third-order valence-corrected chi connectivity index (χ3v) is 3.48. The van der Waals surface area contributed by atoms with Crippen molar-refractivity contribution in [3.05, 3.63) is 53.6 Å². The highest BCUT2D eigenvalue weighted by Gasteiger charge is 2.29. The van der Waals surface area contributed by atoms with Crippen molar-refractivity contribution in [1.29, 1.82) is 0 Å². The molecule has 112 valence electrons. The second kappa shape index (κ2) is 5.38. The van der Waals surface area contributed by atoms with Gasteiger partial charge in [-0.1, -0.05) is 0 Å². The van der Waals surface area contributed by atoms with Crippen LogP contribution in [0.3, 0.4) is 0 Å². The Labute approximate surface area is 129 Å². The Morgan fingerprint density at radius 1 is 1.09 bits per heavy atom. The molecule has 1 aliphatic heterocycles. The fourth-order valence-corrected chi connectivity index (χ4v) is 2.46. The molecule has 0 radical (unpaired) electrons. The summed E-state index contributed by atoms with van der Waals surface area (Å²) in [5.41, 5.74) is 0.538. The van der Waals surface area contributed by atoms with Crippen LogP contribution in [0.5, 0.6) is 0 Å². The van der Waals surface area contributed by atoms with Crippen LogP contribution in [0.15, 0.2) is 36.4 Å². The number of rotatable bonds is 1. The van der Waals surface area contributed by atoms with Crippen molar-refractivity contribution in [3.63, 3.8) is 0 Å². The van der Waals surface area contributed by atoms with Gasteiger partial charge in [-0.15, -0.1) is 11.6 Å². The summed E-state index contributed by atoms with van der Waals surface area (Å²) in [5.74, 6) is -2.69. The molecule has 0 fully saturated rings. The molecule has 2 aromatic rings. The summed E-state index contributed by atoms with van der Waals surface area (Å²) in [4.78, 5) is 25.6. The normalized spacial score (nSPS) is 13.0. The smallest absolute Gasteiger partial charge is 0.257 e. The molecular weight excluding hydrogens is 314 g/mol. The fourth-order valence-electron chi connectivity index (χ4n) is 2.34. The van der Waals surface area contributed by atoms with Gasteiger partial charge in [0, 0.05) is 0 Å². The SMILES string of the molecule is O=C1Nc2cc(F)ccc2N(C(=O)CCl)c2ccc(F)cc21. The van der Waals surface area contributed by atoms with Crippen molar-refractivity contribution < 1.29 is 18.4 Å². The monoisotopic (exact) mass is 322 g/mol. The second-order valence-electron chi connectivity index (χ2n) is 4.64. The second-order valence-corrected chi connectivity index (χ2v) is 4.91. The molecule has 0 saturated carbocycles. The largest absolute Gasteiger partial charge is 0.320 e. The van der Waals surface area contributed by atoms with Crippen molar-refractivity contribution in [1.82, 2.24) is 0 Å². The first kappa shape index (κ1) is 14.5. The minimum Gasteiger partial charge on any atom is -0.320 e. The zero-order valence-corrected chi connectivity index (χ0v) is 11.8. The van der Waals surface area contributed by atoms with Gasteiger partial charge < -0.3 is 5.32 Å². The van der Waals surface area contributed by atoms with Crippen LogP contribution in [-0.4, -0.2) is 17.7 Å². The summed E-state index contributed by atoms with van der Waals surface area (Å²) >= 11 is 5.63. The lowest BCUT2D eigenvalue weighted by Gasteiger charge is -2.23. The van der Waals surface area contributed by atoms with E-state index in [-0.39, 0.29) is 28.5 Å². The van der Waals surface area contributed by atoms with Crippen LogP contribution in [0.4, 0.5) is 25.8 Å². The molecule has 1 N–H and O–H groups in total. The van der Waals surface area contributed by atoms with Crippen LogP contribution in [0.1, 0.15) is 10.4 Å². The van der Waals surface area contributed by atoms with Crippen molar-refractivity contribution in [2.75, 3.05) is 16.1 Å². The number of hydrogen-bond acceptors (Lipinski definition) is 2. The molecule has 2 aromatic carbocycles. The van der Waals surface area contributed by atoms with Gasteiger partial charge in [-0.25, -0.2) is 8.78 Å². The Balaban J connectivity index is 2.30. The molecule has 0 atom stereocenters. The number of alkyl halides is 1. The van der Waals surface area contributed by atoms with E-state index < -0.39 is 23.4 Å². The lowest BCUT2D eigenvalue weighted by Crippen LogP contribution is -2.27. The Morgan fingerprint density at radius 3 is 2.41 bits per heavy atom. The van der Waals surface area contributed by atoms with E-state index in [0.29, 0.717) is 0 Å². The summed E-state index contributed by atoms with van der Waals surface area (Å²) in [7, 11) is 0. The number of hydrogen-bond donors (Lipinski definition) is 1. The van der Waals surface area contributed by atoms with Crippen molar-refractivity contribution in [3.8, 4) is 0 Å². The Hall–Kier alpha value is -2.47. The maximum absolute atomic E-state index is 13.4. The first-order valence-corrected chi connectivity index (χ1v) is 6.84. The van der Waals surface area contributed by atoms with E-state index in [2.05, 4.69) is 5.32 Å². The van der Waals surface area contributed by atoms with Gasteiger partial charge in [0.05, 0.1) is 22.6 Å². The average molecular weight is 323 g/mol. The quantitative estimate of drug-likeness (QED) is 0.818. The molecule has 3 rings (SSSR count). The van der Waals surface area contributed by atoms with Crippen molar-refractivity contribution in [2.24, 2.45) is 0 Å². The van der Waals surface area contributed by atoms with Crippen LogP contribution in [0.2, 0.25) is 0 Å². The predicted molar refractivity (Wildman–Crippen MR) is 78.6 cm³/mol. The van der Waals surface area contributed by atoms with E-state index in [9.17, 15) is 18.4 Å². The third-order valence-electron chi connectivity index (χ3n) is 3.26. The predicted octanol–water partition coefficient (Wildman–Crippen LogP) is 3.43. The van der Waals surface area contributed by atoms with E-state index in [1.807, 2.05) is 0 Å². The molecule has 0 saturated heterocycles. The minimum atomic E-state index is -0.633. The first-order chi connectivity index (χ1) is 10.5. The number of fused-ring (bicyclic) bond motifs is 2. The van der Waals surface area contributed by atoms with Crippen LogP contribution in [-0.2, 0) is 4.79 Å². The van der Waals surface area contributed by atoms with Crippen LogP contribution < -0.4 is 10.2 Å². The highest BCUT2D eigenvalue weighted by Crippen LogP contribution is 2.38. The van der Waals surface area contributed by atoms with Crippen molar-refractivity contribution in [2.45, 2.75) is 0 Å². The zero-order chi connectivity index (χ0) is 15.9. The van der Waals surface area contributed by atoms with Gasteiger partial charge in [0.15, 0.2) is 0 Å². The number of carbonyl (C=O) groups is 2. The van der Waals surface area contributed by atoms with E-state index >= 15 is 0 Å². The molecule has 0 bridgehead atoms.